The van der Waals surface area contributed by atoms with E-state index in [9.17, 15) is 64.4 Å². The van der Waals surface area contributed by atoms with Gasteiger partial charge in [-0.15, -0.1) is 47.0 Å². The number of amides is 1. The van der Waals surface area contributed by atoms with Crippen molar-refractivity contribution in [2.75, 3.05) is 87.3 Å². The van der Waals surface area contributed by atoms with Crippen molar-refractivity contribution in [2.24, 2.45) is 0 Å². The summed E-state index contributed by atoms with van der Waals surface area (Å²) in [5.74, 6) is -1.95. The zero-order chi connectivity index (χ0) is 78.7. The van der Waals surface area contributed by atoms with Crippen molar-refractivity contribution >= 4 is 192 Å². The molecule has 0 fully saturated rings. The predicted octanol–water partition coefficient (Wildman–Crippen LogP) is 8.19. The first-order chi connectivity index (χ1) is 48.0. The largest absolute Gasteiger partial charge is 1.00 e. The fourth-order valence-corrected chi connectivity index (χ4v) is 11.3. The summed E-state index contributed by atoms with van der Waals surface area (Å²) in [6.45, 7) is 1.27. The Bertz CT molecular complexity index is 4410. The van der Waals surface area contributed by atoms with Gasteiger partial charge in [0.1, 0.15) is 87.3 Å². The SMILES string of the molecule is CC(=O)O.CC(F)(F)F.CSc1nc(N)nc(SCC(=O)Nc2ccccc2N)c1C#N.CSc1nc(N)nc(SCC(=O)O)c1C#N.CSc1nc(N)nc(SCc2nc3ccc(C(F)(F)F)cc3[nH]2)c1C#N.CSc1nc(N)nc([S-])c1C#N.Nc1ccc(C(F)(F)F)cc1N.O=C(O)CBr.[Na+]. The number of carbonyl (C=O) groups is 4. The van der Waals surface area contributed by atoms with Gasteiger partial charge < -0.3 is 78.4 Å². The monoisotopic (exact) mass is 1680 g/mol. The number of nitrogen functional groups attached to an aromatic ring is 7. The molecule has 0 aliphatic heterocycles. The minimum atomic E-state index is -4.41. The number of para-hydroxylation sites is 2. The van der Waals surface area contributed by atoms with Crippen LogP contribution in [0.25, 0.3) is 11.0 Å². The molecule has 0 bridgehead atoms. The number of nitrogens with one attached hydrogen (secondary N) is 2. The number of benzene rings is 3. The second-order valence-electron chi connectivity index (χ2n) is 18.0. The molecule has 48 heteroatoms. The Morgan fingerprint density at radius 2 is 0.904 bits per heavy atom. The summed E-state index contributed by atoms with van der Waals surface area (Å²) in [6.07, 6.45) is -5.65. The van der Waals surface area contributed by atoms with Crippen molar-refractivity contribution in [1.82, 2.24) is 49.8 Å². The summed E-state index contributed by atoms with van der Waals surface area (Å²) >= 11 is 16.0. The van der Waals surface area contributed by atoms with Gasteiger partial charge in [0.25, 0.3) is 5.97 Å². The van der Waals surface area contributed by atoms with E-state index in [4.69, 9.17) is 83.4 Å². The number of nitrogens with two attached hydrogens (primary N) is 7. The molecular formula is C56H55BrF9N22NaO7S8. The Balaban J connectivity index is 0.00000125. The average Bonchev–Trinajstić information content (AvgIpc) is 1.65. The number of imidazole rings is 1. The molecule has 5 aromatic heterocycles. The summed E-state index contributed by atoms with van der Waals surface area (Å²) in [7, 11) is 0. The molecule has 8 rings (SSSR count). The molecule has 8 aromatic rings. The maximum Gasteiger partial charge on any atom is 1.00 e. The van der Waals surface area contributed by atoms with E-state index in [1.807, 2.05) is 12.1 Å². The second kappa shape index (κ2) is 47.0. The first-order valence-electron chi connectivity index (χ1n) is 26.7. The van der Waals surface area contributed by atoms with Gasteiger partial charge in [-0.3, -0.25) is 19.2 Å². The van der Waals surface area contributed by atoms with Crippen LogP contribution < -0.4 is 75.0 Å². The minimum Gasteiger partial charge on any atom is -0.759 e. The molecule has 1 amide bonds. The molecule has 0 radical (unpaired) electrons. The van der Waals surface area contributed by atoms with Gasteiger partial charge in [-0.05, 0) is 73.6 Å². The normalized spacial score (nSPS) is 10.2. The molecule has 0 spiro atoms. The molecule has 0 aliphatic carbocycles. The number of aromatic amines is 1. The van der Waals surface area contributed by atoms with Crippen LogP contribution in [0.3, 0.4) is 0 Å². The summed E-state index contributed by atoms with van der Waals surface area (Å²) in [6, 6.07) is 21.1. The van der Waals surface area contributed by atoms with Gasteiger partial charge in [0.15, 0.2) is 0 Å². The number of alkyl halides is 10. The summed E-state index contributed by atoms with van der Waals surface area (Å²) in [4.78, 5) is 79.3. The van der Waals surface area contributed by atoms with Gasteiger partial charge in [0, 0.05) is 13.8 Å². The average molecular weight is 1680 g/mol. The smallest absolute Gasteiger partial charge is 0.759 e. The van der Waals surface area contributed by atoms with E-state index in [1.54, 1.807) is 49.3 Å². The fraction of sp³-hybridized carbons (Fsp3) is 0.232. The number of rotatable bonds is 15. The van der Waals surface area contributed by atoms with Crippen LogP contribution in [0.5, 0.6) is 0 Å². The Morgan fingerprint density at radius 3 is 1.28 bits per heavy atom. The maximum atomic E-state index is 12.8. The molecule has 0 unspecified atom stereocenters. The van der Waals surface area contributed by atoms with E-state index >= 15 is 0 Å². The van der Waals surface area contributed by atoms with Crippen LogP contribution in [-0.2, 0) is 49.9 Å². The molecular weight excluding hydrogens is 1620 g/mol. The molecule has 104 heavy (non-hydrogen) atoms. The maximum absolute atomic E-state index is 12.8. The topological polar surface area (TPSA) is 550 Å². The van der Waals surface area contributed by atoms with E-state index in [1.165, 1.54) is 64.9 Å². The number of halogens is 10. The molecule has 0 atom stereocenters. The van der Waals surface area contributed by atoms with Gasteiger partial charge in [-0.1, -0.05) is 68.4 Å². The van der Waals surface area contributed by atoms with Crippen LogP contribution >= 0.6 is 98.3 Å². The van der Waals surface area contributed by atoms with E-state index in [2.05, 4.69) is 83.2 Å². The van der Waals surface area contributed by atoms with Gasteiger partial charge in [0.2, 0.25) is 29.7 Å². The number of nitrogens with zero attached hydrogens (tertiary/aromatic N) is 13. The molecule has 0 saturated carbocycles. The number of carboxylic acids is 3. The number of nitriles is 4. The molecule has 29 nitrogen and oxygen atoms in total. The van der Waals surface area contributed by atoms with Crippen LogP contribution in [0.1, 0.15) is 53.1 Å². The third kappa shape index (κ3) is 35.7. The van der Waals surface area contributed by atoms with Crippen molar-refractivity contribution in [3.8, 4) is 24.3 Å². The summed E-state index contributed by atoms with van der Waals surface area (Å²) < 4.78 is 105. The van der Waals surface area contributed by atoms with Crippen molar-refractivity contribution in [3.63, 3.8) is 0 Å². The van der Waals surface area contributed by atoms with Crippen molar-refractivity contribution in [1.29, 1.82) is 21.0 Å². The van der Waals surface area contributed by atoms with E-state index in [0.717, 1.165) is 60.8 Å². The van der Waals surface area contributed by atoms with Gasteiger partial charge >= 0.3 is 60.0 Å². The van der Waals surface area contributed by atoms with Crippen molar-refractivity contribution in [2.45, 2.75) is 78.3 Å². The third-order valence-corrected chi connectivity index (χ3v) is 16.7. The predicted molar refractivity (Wildman–Crippen MR) is 383 cm³/mol. The molecule has 5 heterocycles. The number of carbonyl (C=O) groups excluding carboxylic acids is 1. The van der Waals surface area contributed by atoms with Gasteiger partial charge in [-0.2, -0.15) is 60.6 Å². The van der Waals surface area contributed by atoms with Crippen LogP contribution in [0, 0.1) is 45.3 Å². The first kappa shape index (κ1) is 95.4. The van der Waals surface area contributed by atoms with Crippen molar-refractivity contribution < 1.29 is 104 Å². The molecule has 550 valence electrons. The number of thioether (sulfide) groups is 7. The summed E-state index contributed by atoms with van der Waals surface area (Å²) in [5.41, 5.74) is 39.9. The number of aliphatic carboxylic acids is 3. The van der Waals surface area contributed by atoms with Crippen LogP contribution in [0.4, 0.5) is 86.1 Å². The van der Waals surface area contributed by atoms with Crippen LogP contribution in [0.2, 0.25) is 0 Å². The zero-order valence-corrected chi connectivity index (χ0v) is 64.6. The molecule has 19 N–H and O–H groups in total. The Labute approximate surface area is 651 Å². The number of aromatic nitrogens is 10. The van der Waals surface area contributed by atoms with E-state index in [0.29, 0.717) is 80.1 Å². The number of anilines is 8. The Morgan fingerprint density at radius 1 is 0.538 bits per heavy atom. The van der Waals surface area contributed by atoms with Gasteiger partial charge in [-0.25, -0.2) is 44.9 Å². The van der Waals surface area contributed by atoms with E-state index < -0.39 is 47.6 Å². The van der Waals surface area contributed by atoms with Crippen LogP contribution in [0.15, 0.2) is 101 Å². The standard InChI is InChI=1S/C15H11F3N6S2.C14H14N6OS2.C8H8N4O2S2.C7H7F3N2.C6H6N4S2.C2H3BrO2.C2H3F3.C2H4O2.Na/c1-25-12-8(5-19)13(24-14(20)23-12)26-6-11-21-9-3-2-7(15(16,17)18)4-10(9)22-11;1-22-12-8(6-15)13(20-14(17)19-12)23-7-11(21)18-10-5-3-2-4-9(10)16;1-15-6-4(2-9)7(12-8(10)11-6)16-3-5(13)14;8-7(9,10)4-1-2-5(11)6(12)3-4;1-12-5-3(2-7)4(11)9-6(8)10-5;3-1-2(4)5;1-2(3,4)5;1-2(3)4;/h2-4H,6H2,1H3,(H,21,22)(H2,20,23,24);2-5H,7,16H2,1H3,(H,18,21)(H2,17,19,20);3H2,1H3,(H,13,14)(H2,10,11,12);1-3H,11-12H2;1H3,(H3,8,9,10,11);1H2,(H,4,5);1H3;1H3,(H,3,4);/q;;;;;;;;+1/p-1. The van der Waals surface area contributed by atoms with Crippen molar-refractivity contribution in [3.05, 3.63) is 99.9 Å². The quantitative estimate of drug-likeness (QED) is 0.00874. The molecule has 3 aromatic carbocycles. The Kier molecular flexibility index (Phi) is 43.1. The minimum absolute atomic E-state index is 0. The second-order valence-corrected chi connectivity index (χ2v) is 25.0. The molecule has 0 saturated heterocycles. The fourth-order valence-electron chi connectivity index (χ4n) is 6.29. The Hall–Kier alpha value is -8.59. The summed E-state index contributed by atoms with van der Waals surface area (Å²) in [5, 5.41) is 65.8. The first-order valence-corrected chi connectivity index (χ1v) is 36.1. The zero-order valence-electron chi connectivity index (χ0n) is 54.5. The number of H-pyrrole nitrogens is 1. The van der Waals surface area contributed by atoms with E-state index in [-0.39, 0.29) is 111 Å². The number of carboxylic acid groups (broad SMARTS) is 3. The number of hydrogen-bond donors (Lipinski definition) is 12. The number of hydrogen-bond acceptors (Lipinski definition) is 32. The number of fused-ring (bicyclic) bond motifs is 1. The molecule has 0 aliphatic rings. The third-order valence-electron chi connectivity index (χ3n) is 10.3. The van der Waals surface area contributed by atoms with Crippen LogP contribution in [-0.4, -0.2) is 137 Å². The van der Waals surface area contributed by atoms with Gasteiger partial charge in [0.05, 0.1) is 67.7 Å².